The summed E-state index contributed by atoms with van der Waals surface area (Å²) in [7, 11) is 0. The molecular formula is C23H25ClF3N5O2. The van der Waals surface area contributed by atoms with Gasteiger partial charge in [-0.05, 0) is 68.5 Å². The van der Waals surface area contributed by atoms with Crippen LogP contribution in [0.1, 0.15) is 58.2 Å². The van der Waals surface area contributed by atoms with Crippen molar-refractivity contribution in [2.75, 3.05) is 6.54 Å². The average Bonchev–Trinajstić information content (AvgIpc) is 3.34. The van der Waals surface area contributed by atoms with Gasteiger partial charge < -0.3 is 10.1 Å². The number of amides is 1. The van der Waals surface area contributed by atoms with E-state index >= 15 is 0 Å². The highest BCUT2D eigenvalue weighted by Crippen LogP contribution is 2.42. The number of nitrogens with one attached hydrogen (secondary N) is 1. The van der Waals surface area contributed by atoms with Gasteiger partial charge in [0, 0.05) is 35.9 Å². The number of hydrogen-bond acceptors (Lipinski definition) is 4. The van der Waals surface area contributed by atoms with Crippen LogP contribution in [0.2, 0.25) is 5.02 Å². The van der Waals surface area contributed by atoms with Gasteiger partial charge in [-0.15, -0.1) is 0 Å². The Morgan fingerprint density at radius 2 is 1.91 bits per heavy atom. The van der Waals surface area contributed by atoms with Gasteiger partial charge in [-0.2, -0.15) is 23.4 Å². The molecule has 7 nitrogen and oxygen atoms in total. The molecule has 11 heteroatoms. The van der Waals surface area contributed by atoms with E-state index in [9.17, 15) is 18.0 Å². The number of alkyl halides is 3. The molecule has 1 aromatic carbocycles. The summed E-state index contributed by atoms with van der Waals surface area (Å²) in [6.07, 6.45) is -0.623. The van der Waals surface area contributed by atoms with Crippen molar-refractivity contribution in [3.05, 3.63) is 63.7 Å². The fourth-order valence-corrected chi connectivity index (χ4v) is 3.77. The summed E-state index contributed by atoms with van der Waals surface area (Å²) in [4.78, 5) is 12.4. The molecule has 2 aromatic heterocycles. The summed E-state index contributed by atoms with van der Waals surface area (Å²) < 4.78 is 47.6. The zero-order chi connectivity index (χ0) is 24.5. The maximum atomic E-state index is 13.0. The number of hydrogen-bond donors (Lipinski definition) is 1. The molecule has 0 atom stereocenters. The molecule has 1 aliphatic carbocycles. The standard InChI is InChI=1S/C23H25ClF3N5O2/c1-14-10-17(11-15(2)21(14)24)34-13-31-9-6-18(29-31)22(33)28-7-3-8-32-19(16-4-5-16)12-20(30-32)23(25,26)27/h6,9-12,16H,3-5,7-8,13H2,1-2H3,(H,28,33). The number of benzene rings is 1. The molecule has 0 spiro atoms. The quantitative estimate of drug-likeness (QED) is 0.419. The van der Waals surface area contributed by atoms with E-state index in [4.69, 9.17) is 16.3 Å². The minimum Gasteiger partial charge on any atom is -0.471 e. The third-order valence-corrected chi connectivity index (χ3v) is 6.17. The Kier molecular flexibility index (Phi) is 6.88. The van der Waals surface area contributed by atoms with Gasteiger partial charge in [0.05, 0.1) is 0 Å². The van der Waals surface area contributed by atoms with Crippen molar-refractivity contribution in [1.29, 1.82) is 0 Å². The highest BCUT2D eigenvalue weighted by molar-refractivity contribution is 6.32. The minimum atomic E-state index is -4.46. The zero-order valence-corrected chi connectivity index (χ0v) is 19.6. The van der Waals surface area contributed by atoms with Crippen molar-refractivity contribution in [3.63, 3.8) is 0 Å². The van der Waals surface area contributed by atoms with Gasteiger partial charge in [0.1, 0.15) is 11.4 Å². The topological polar surface area (TPSA) is 74.0 Å². The van der Waals surface area contributed by atoms with Crippen molar-refractivity contribution >= 4 is 17.5 Å². The van der Waals surface area contributed by atoms with E-state index in [-0.39, 0.29) is 30.8 Å². The smallest absolute Gasteiger partial charge is 0.435 e. The third-order valence-electron chi connectivity index (χ3n) is 5.58. The Morgan fingerprint density at radius 3 is 2.56 bits per heavy atom. The normalized spacial score (nSPS) is 13.8. The molecule has 1 amide bonds. The van der Waals surface area contributed by atoms with Crippen molar-refractivity contribution in [2.24, 2.45) is 0 Å². The molecular weight excluding hydrogens is 471 g/mol. The molecule has 0 radical (unpaired) electrons. The first-order valence-electron chi connectivity index (χ1n) is 11.0. The van der Waals surface area contributed by atoms with E-state index in [0.717, 1.165) is 30.0 Å². The van der Waals surface area contributed by atoms with Gasteiger partial charge in [-0.1, -0.05) is 11.6 Å². The van der Waals surface area contributed by atoms with Gasteiger partial charge in [-0.25, -0.2) is 4.68 Å². The Morgan fingerprint density at radius 1 is 1.21 bits per heavy atom. The van der Waals surface area contributed by atoms with Crippen molar-refractivity contribution in [2.45, 2.75) is 58.5 Å². The molecule has 1 aliphatic rings. The van der Waals surface area contributed by atoms with Crippen molar-refractivity contribution in [1.82, 2.24) is 24.9 Å². The molecule has 4 rings (SSSR count). The molecule has 1 fully saturated rings. The number of rotatable bonds is 9. The molecule has 2 heterocycles. The van der Waals surface area contributed by atoms with Crippen LogP contribution in [0.5, 0.6) is 5.75 Å². The average molecular weight is 496 g/mol. The lowest BCUT2D eigenvalue weighted by molar-refractivity contribution is -0.141. The molecule has 0 aliphatic heterocycles. The van der Waals surface area contributed by atoms with Crippen LogP contribution >= 0.6 is 11.6 Å². The van der Waals surface area contributed by atoms with E-state index in [1.807, 2.05) is 26.0 Å². The first kappa shape index (κ1) is 24.1. The Bertz CT molecular complexity index is 1160. The van der Waals surface area contributed by atoms with Gasteiger partial charge in [0.15, 0.2) is 12.4 Å². The number of halogens is 4. The lowest BCUT2D eigenvalue weighted by atomic mass is 10.1. The number of aryl methyl sites for hydroxylation is 3. The predicted molar refractivity (Wildman–Crippen MR) is 120 cm³/mol. The molecule has 1 N–H and O–H groups in total. The van der Waals surface area contributed by atoms with Crippen LogP contribution in [0.25, 0.3) is 0 Å². The van der Waals surface area contributed by atoms with Crippen LogP contribution < -0.4 is 10.1 Å². The second-order valence-corrected chi connectivity index (χ2v) is 8.82. The lowest BCUT2D eigenvalue weighted by Crippen LogP contribution is -2.26. The van der Waals surface area contributed by atoms with Crippen LogP contribution in [-0.2, 0) is 19.5 Å². The van der Waals surface area contributed by atoms with E-state index < -0.39 is 11.9 Å². The summed E-state index contributed by atoms with van der Waals surface area (Å²) in [5.41, 5.74) is 1.79. The number of nitrogens with zero attached hydrogens (tertiary/aromatic N) is 4. The Labute approximate surface area is 199 Å². The lowest BCUT2D eigenvalue weighted by Gasteiger charge is -2.10. The summed E-state index contributed by atoms with van der Waals surface area (Å²) in [5.74, 6) is 0.430. The highest BCUT2D eigenvalue weighted by Gasteiger charge is 2.37. The molecule has 3 aromatic rings. The van der Waals surface area contributed by atoms with Crippen LogP contribution in [-0.4, -0.2) is 32.0 Å². The first-order valence-corrected chi connectivity index (χ1v) is 11.4. The molecule has 1 saturated carbocycles. The largest absolute Gasteiger partial charge is 0.471 e. The molecule has 34 heavy (non-hydrogen) atoms. The first-order chi connectivity index (χ1) is 16.1. The Balaban J connectivity index is 1.26. The molecule has 182 valence electrons. The number of ether oxygens (including phenoxy) is 1. The second-order valence-electron chi connectivity index (χ2n) is 8.44. The summed E-state index contributed by atoms with van der Waals surface area (Å²) in [6, 6.07) is 6.37. The van der Waals surface area contributed by atoms with Crippen LogP contribution in [0, 0.1) is 13.8 Å². The molecule has 0 saturated heterocycles. The van der Waals surface area contributed by atoms with Crippen LogP contribution in [0.4, 0.5) is 13.2 Å². The number of carbonyl (C=O) groups is 1. The van der Waals surface area contributed by atoms with E-state index in [1.165, 1.54) is 9.36 Å². The van der Waals surface area contributed by atoms with Gasteiger partial charge in [0.2, 0.25) is 0 Å². The maximum absolute atomic E-state index is 13.0. The van der Waals surface area contributed by atoms with E-state index in [2.05, 4.69) is 15.5 Å². The van der Waals surface area contributed by atoms with E-state index in [0.29, 0.717) is 29.4 Å². The number of aromatic nitrogens is 4. The SMILES string of the molecule is Cc1cc(OCn2ccc(C(=O)NCCCn3nc(C(F)(F)F)cc3C3CC3)n2)cc(C)c1Cl. The monoisotopic (exact) mass is 495 g/mol. The van der Waals surface area contributed by atoms with Crippen molar-refractivity contribution in [3.8, 4) is 5.75 Å². The minimum absolute atomic E-state index is 0.124. The van der Waals surface area contributed by atoms with Crippen molar-refractivity contribution < 1.29 is 22.7 Å². The highest BCUT2D eigenvalue weighted by atomic mass is 35.5. The maximum Gasteiger partial charge on any atom is 0.435 e. The summed E-state index contributed by atoms with van der Waals surface area (Å²) in [6.45, 7) is 4.50. The number of carbonyl (C=O) groups excluding carboxylic acids is 1. The van der Waals surface area contributed by atoms with Crippen LogP contribution in [0.3, 0.4) is 0 Å². The van der Waals surface area contributed by atoms with Gasteiger partial charge in [-0.3, -0.25) is 9.48 Å². The second kappa shape index (κ2) is 9.69. The van der Waals surface area contributed by atoms with E-state index in [1.54, 1.807) is 12.3 Å². The molecule has 0 unspecified atom stereocenters. The third kappa shape index (κ3) is 5.72. The van der Waals surface area contributed by atoms with Gasteiger partial charge in [0.25, 0.3) is 5.91 Å². The molecule has 0 bridgehead atoms. The summed E-state index contributed by atoms with van der Waals surface area (Å²) >= 11 is 6.17. The fourth-order valence-electron chi connectivity index (χ4n) is 3.66. The van der Waals surface area contributed by atoms with Gasteiger partial charge >= 0.3 is 6.18 Å². The zero-order valence-electron chi connectivity index (χ0n) is 18.8. The summed E-state index contributed by atoms with van der Waals surface area (Å²) in [5, 5.41) is 11.4. The van der Waals surface area contributed by atoms with Crippen LogP contribution in [0.15, 0.2) is 30.5 Å². The Hall–Kier alpha value is -3.01. The fraction of sp³-hybridized carbons (Fsp3) is 0.435. The predicted octanol–water partition coefficient (Wildman–Crippen LogP) is 5.10.